The highest BCUT2D eigenvalue weighted by Gasteiger charge is 2.23. The maximum Gasteiger partial charge on any atom is 0.326 e. The van der Waals surface area contributed by atoms with Gasteiger partial charge in [0.2, 0.25) is 5.91 Å². The number of nitrogens with two attached hydrogens (primary N) is 2. The Hall–Kier alpha value is -2.57. The van der Waals surface area contributed by atoms with E-state index in [0.29, 0.717) is 0 Å². The Kier molecular flexibility index (Phi) is 4.25. The van der Waals surface area contributed by atoms with Crippen LogP contribution in [0.2, 0.25) is 0 Å². The van der Waals surface area contributed by atoms with Crippen LogP contribution in [-0.2, 0) is 9.59 Å². The SMILES string of the molecule is NC(=O)C[C@H](NC(=O)c1ccccc1N)C(=O)O. The Morgan fingerprint density at radius 3 is 2.39 bits per heavy atom. The molecule has 7 nitrogen and oxygen atoms in total. The van der Waals surface area contributed by atoms with Gasteiger partial charge in [-0.05, 0) is 12.1 Å². The third-order valence-corrected chi connectivity index (χ3v) is 2.21. The van der Waals surface area contributed by atoms with Gasteiger partial charge in [-0.1, -0.05) is 12.1 Å². The van der Waals surface area contributed by atoms with Crippen molar-refractivity contribution >= 4 is 23.5 Å². The van der Waals surface area contributed by atoms with Crippen molar-refractivity contribution in [1.82, 2.24) is 5.32 Å². The summed E-state index contributed by atoms with van der Waals surface area (Å²) < 4.78 is 0. The van der Waals surface area contributed by atoms with E-state index in [2.05, 4.69) is 5.32 Å². The molecule has 7 heteroatoms. The number of para-hydroxylation sites is 1. The first kappa shape index (κ1) is 13.5. The Bertz CT molecular complexity index is 487. The van der Waals surface area contributed by atoms with E-state index < -0.39 is 30.2 Å². The average molecular weight is 251 g/mol. The maximum absolute atomic E-state index is 11.8. The molecule has 0 spiro atoms. The molecule has 96 valence electrons. The monoisotopic (exact) mass is 251 g/mol. The number of primary amides is 1. The van der Waals surface area contributed by atoms with Crippen molar-refractivity contribution in [3.63, 3.8) is 0 Å². The fourth-order valence-electron chi connectivity index (χ4n) is 1.34. The zero-order valence-corrected chi connectivity index (χ0v) is 9.42. The first-order chi connectivity index (χ1) is 8.41. The van der Waals surface area contributed by atoms with Gasteiger partial charge in [0.05, 0.1) is 12.0 Å². The molecule has 0 aliphatic rings. The van der Waals surface area contributed by atoms with Crippen LogP contribution >= 0.6 is 0 Å². The van der Waals surface area contributed by atoms with Gasteiger partial charge in [0, 0.05) is 5.69 Å². The minimum Gasteiger partial charge on any atom is -0.480 e. The van der Waals surface area contributed by atoms with E-state index in [1.165, 1.54) is 12.1 Å². The topological polar surface area (TPSA) is 136 Å². The third-order valence-electron chi connectivity index (χ3n) is 2.21. The molecule has 1 atom stereocenters. The normalized spacial score (nSPS) is 11.6. The molecule has 6 N–H and O–H groups in total. The number of carboxylic acids is 1. The predicted molar refractivity (Wildman–Crippen MR) is 63.6 cm³/mol. The van der Waals surface area contributed by atoms with Gasteiger partial charge in [0.15, 0.2) is 0 Å². The van der Waals surface area contributed by atoms with Crippen molar-refractivity contribution in [2.75, 3.05) is 5.73 Å². The minimum atomic E-state index is -1.37. The van der Waals surface area contributed by atoms with Crippen molar-refractivity contribution < 1.29 is 19.5 Å². The van der Waals surface area contributed by atoms with Gasteiger partial charge in [0.25, 0.3) is 5.91 Å². The van der Waals surface area contributed by atoms with E-state index in [0.717, 1.165) is 0 Å². The molecular weight excluding hydrogens is 238 g/mol. The molecule has 1 aromatic rings. The Morgan fingerprint density at radius 1 is 1.28 bits per heavy atom. The Labute approximate surface area is 103 Å². The second-order valence-corrected chi connectivity index (χ2v) is 3.62. The number of rotatable bonds is 5. The van der Waals surface area contributed by atoms with E-state index >= 15 is 0 Å². The van der Waals surface area contributed by atoms with E-state index in [4.69, 9.17) is 16.6 Å². The van der Waals surface area contributed by atoms with Crippen molar-refractivity contribution in [2.45, 2.75) is 12.5 Å². The summed E-state index contributed by atoms with van der Waals surface area (Å²) in [7, 11) is 0. The molecule has 0 heterocycles. The molecule has 0 aliphatic carbocycles. The van der Waals surface area contributed by atoms with Gasteiger partial charge in [-0.25, -0.2) is 4.79 Å². The number of aliphatic carboxylic acids is 1. The molecule has 0 fully saturated rings. The lowest BCUT2D eigenvalue weighted by molar-refractivity contribution is -0.140. The van der Waals surface area contributed by atoms with Gasteiger partial charge in [0.1, 0.15) is 6.04 Å². The highest BCUT2D eigenvalue weighted by molar-refractivity contribution is 6.01. The highest BCUT2D eigenvalue weighted by Crippen LogP contribution is 2.10. The van der Waals surface area contributed by atoms with Crippen LogP contribution in [0.5, 0.6) is 0 Å². The quantitative estimate of drug-likeness (QED) is 0.514. The number of carbonyl (C=O) groups excluding carboxylic acids is 2. The van der Waals surface area contributed by atoms with Crippen molar-refractivity contribution in [2.24, 2.45) is 5.73 Å². The molecule has 0 radical (unpaired) electrons. The lowest BCUT2D eigenvalue weighted by atomic mass is 10.1. The number of carbonyl (C=O) groups is 3. The molecule has 0 saturated carbocycles. The molecule has 2 amide bonds. The minimum absolute atomic E-state index is 0.147. The Balaban J connectivity index is 2.82. The first-order valence-corrected chi connectivity index (χ1v) is 5.08. The van der Waals surface area contributed by atoms with Gasteiger partial charge in [-0.3, -0.25) is 9.59 Å². The second kappa shape index (κ2) is 5.67. The molecule has 0 unspecified atom stereocenters. The summed E-state index contributed by atoms with van der Waals surface area (Å²) in [5, 5.41) is 11.0. The second-order valence-electron chi connectivity index (χ2n) is 3.62. The van der Waals surface area contributed by atoms with E-state index in [1.807, 2.05) is 0 Å². The van der Waals surface area contributed by atoms with Crippen LogP contribution in [0.4, 0.5) is 5.69 Å². The van der Waals surface area contributed by atoms with Crippen LogP contribution in [0, 0.1) is 0 Å². The summed E-state index contributed by atoms with van der Waals surface area (Å²) in [5.41, 5.74) is 10.8. The summed E-state index contributed by atoms with van der Waals surface area (Å²) in [6, 6.07) is 4.83. The smallest absolute Gasteiger partial charge is 0.326 e. The number of benzene rings is 1. The number of anilines is 1. The molecule has 0 aromatic heterocycles. The lowest BCUT2D eigenvalue weighted by Crippen LogP contribution is -2.43. The molecule has 0 saturated heterocycles. The largest absolute Gasteiger partial charge is 0.480 e. The summed E-state index contributed by atoms with van der Waals surface area (Å²) in [6.45, 7) is 0. The van der Waals surface area contributed by atoms with E-state index in [9.17, 15) is 14.4 Å². The first-order valence-electron chi connectivity index (χ1n) is 5.08. The predicted octanol–water partition coefficient (Wildman–Crippen LogP) is -0.673. The molecule has 0 bridgehead atoms. The number of amides is 2. The van der Waals surface area contributed by atoms with Crippen LogP contribution in [0.15, 0.2) is 24.3 Å². The summed E-state index contributed by atoms with van der Waals surface area (Å²) in [4.78, 5) is 33.3. The molecule has 0 aliphatic heterocycles. The van der Waals surface area contributed by atoms with E-state index in [1.54, 1.807) is 12.1 Å². The number of hydrogen-bond acceptors (Lipinski definition) is 4. The molecule has 1 rings (SSSR count). The Morgan fingerprint density at radius 2 is 1.89 bits per heavy atom. The molecule has 18 heavy (non-hydrogen) atoms. The standard InChI is InChI=1S/C11H13N3O4/c12-7-4-2-1-3-6(7)10(16)14-8(11(17)18)5-9(13)15/h1-4,8H,5,12H2,(H2,13,15)(H,14,16)(H,17,18)/t8-/m0/s1. The van der Waals surface area contributed by atoms with Crippen molar-refractivity contribution in [3.8, 4) is 0 Å². The number of carboxylic acid groups (broad SMARTS) is 1. The van der Waals surface area contributed by atoms with Crippen LogP contribution in [0.1, 0.15) is 16.8 Å². The van der Waals surface area contributed by atoms with Gasteiger partial charge in [-0.2, -0.15) is 0 Å². The number of hydrogen-bond donors (Lipinski definition) is 4. The fraction of sp³-hybridized carbons (Fsp3) is 0.182. The summed E-state index contributed by atoms with van der Waals surface area (Å²) in [5.74, 6) is -2.82. The summed E-state index contributed by atoms with van der Waals surface area (Å²) >= 11 is 0. The number of nitrogen functional groups attached to an aromatic ring is 1. The fourth-order valence-corrected chi connectivity index (χ4v) is 1.34. The van der Waals surface area contributed by atoms with Gasteiger partial charge >= 0.3 is 5.97 Å². The molecule has 1 aromatic carbocycles. The van der Waals surface area contributed by atoms with Crippen LogP contribution < -0.4 is 16.8 Å². The maximum atomic E-state index is 11.8. The van der Waals surface area contributed by atoms with Crippen LogP contribution in [0.25, 0.3) is 0 Å². The zero-order valence-electron chi connectivity index (χ0n) is 9.42. The van der Waals surface area contributed by atoms with Gasteiger partial charge in [-0.15, -0.1) is 0 Å². The van der Waals surface area contributed by atoms with E-state index in [-0.39, 0.29) is 11.3 Å². The van der Waals surface area contributed by atoms with Crippen LogP contribution in [-0.4, -0.2) is 28.9 Å². The third kappa shape index (κ3) is 3.48. The number of nitrogens with one attached hydrogen (secondary N) is 1. The van der Waals surface area contributed by atoms with Gasteiger partial charge < -0.3 is 21.9 Å². The average Bonchev–Trinajstić information content (AvgIpc) is 2.27. The van der Waals surface area contributed by atoms with Crippen molar-refractivity contribution in [3.05, 3.63) is 29.8 Å². The lowest BCUT2D eigenvalue weighted by Gasteiger charge is -2.13. The summed E-state index contributed by atoms with van der Waals surface area (Å²) in [6.07, 6.45) is -0.478. The molecular formula is C11H13N3O4. The van der Waals surface area contributed by atoms with Crippen molar-refractivity contribution in [1.29, 1.82) is 0 Å². The van der Waals surface area contributed by atoms with Crippen LogP contribution in [0.3, 0.4) is 0 Å². The zero-order chi connectivity index (χ0) is 13.7. The highest BCUT2D eigenvalue weighted by atomic mass is 16.4.